The van der Waals surface area contributed by atoms with Crippen molar-refractivity contribution in [3.05, 3.63) is 29.8 Å². The van der Waals surface area contributed by atoms with E-state index in [-0.39, 0.29) is 0 Å². The number of hydrogen-bond donors (Lipinski definition) is 1. The quantitative estimate of drug-likeness (QED) is 0.881. The Bertz CT molecular complexity index is 421. The minimum atomic E-state index is 0.460. The molecular formula is C17H26N2. The van der Waals surface area contributed by atoms with Gasteiger partial charge >= 0.3 is 0 Å². The lowest BCUT2D eigenvalue weighted by Gasteiger charge is -2.40. The summed E-state index contributed by atoms with van der Waals surface area (Å²) in [6.45, 7) is 3.61. The van der Waals surface area contributed by atoms with Gasteiger partial charge < -0.3 is 10.6 Å². The number of anilines is 1. The first-order valence-corrected chi connectivity index (χ1v) is 7.84. The zero-order chi connectivity index (χ0) is 13.2. The minimum absolute atomic E-state index is 0.460. The molecule has 0 amide bonds. The maximum atomic E-state index is 6.02. The van der Waals surface area contributed by atoms with Crippen molar-refractivity contribution >= 4 is 5.69 Å². The third-order valence-corrected chi connectivity index (χ3v) is 5.01. The van der Waals surface area contributed by atoms with Gasteiger partial charge in [-0.1, -0.05) is 18.2 Å². The van der Waals surface area contributed by atoms with Crippen LogP contribution in [-0.2, 0) is 6.42 Å². The molecule has 2 N–H and O–H groups in total. The lowest BCUT2D eigenvalue weighted by atomic mass is 9.85. The summed E-state index contributed by atoms with van der Waals surface area (Å²) in [5.41, 5.74) is 9.04. The van der Waals surface area contributed by atoms with E-state index in [2.05, 4.69) is 36.1 Å². The molecule has 1 atom stereocenters. The number of rotatable bonds is 2. The molecule has 1 aromatic rings. The molecule has 1 heterocycles. The number of nitrogens with two attached hydrogens (primary N) is 1. The Kier molecular flexibility index (Phi) is 3.79. The number of aryl methyl sites for hydroxylation is 1. The third-order valence-electron chi connectivity index (χ3n) is 5.01. The molecule has 2 aliphatic rings. The van der Waals surface area contributed by atoms with Crippen LogP contribution in [0.4, 0.5) is 5.69 Å². The zero-order valence-electron chi connectivity index (χ0n) is 12.0. The number of benzene rings is 1. The summed E-state index contributed by atoms with van der Waals surface area (Å²) >= 11 is 0. The van der Waals surface area contributed by atoms with Crippen LogP contribution in [0.15, 0.2) is 24.3 Å². The molecule has 1 fully saturated rings. The number of nitrogens with zero attached hydrogens (tertiary/aromatic N) is 1. The molecule has 1 aliphatic carbocycles. The highest BCUT2D eigenvalue weighted by Gasteiger charge is 2.27. The summed E-state index contributed by atoms with van der Waals surface area (Å²) in [7, 11) is 0. The van der Waals surface area contributed by atoms with E-state index in [1.54, 1.807) is 0 Å². The first kappa shape index (κ1) is 13.0. The fourth-order valence-corrected chi connectivity index (χ4v) is 3.69. The molecule has 0 saturated heterocycles. The van der Waals surface area contributed by atoms with Gasteiger partial charge in [0.1, 0.15) is 0 Å². The Morgan fingerprint density at radius 1 is 1.11 bits per heavy atom. The SMILES string of the molecule is CC1CCc2ccccc2N1CC1CCC(N)CC1. The topological polar surface area (TPSA) is 29.3 Å². The molecule has 0 spiro atoms. The molecule has 104 valence electrons. The number of hydrogen-bond acceptors (Lipinski definition) is 2. The van der Waals surface area contributed by atoms with Gasteiger partial charge in [0.05, 0.1) is 0 Å². The lowest BCUT2D eigenvalue weighted by Crippen LogP contribution is -2.42. The second-order valence-electron chi connectivity index (χ2n) is 6.45. The van der Waals surface area contributed by atoms with Crippen molar-refractivity contribution in [3.63, 3.8) is 0 Å². The van der Waals surface area contributed by atoms with Crippen molar-refractivity contribution < 1.29 is 0 Å². The molecule has 19 heavy (non-hydrogen) atoms. The van der Waals surface area contributed by atoms with Crippen molar-refractivity contribution in [2.24, 2.45) is 11.7 Å². The second-order valence-corrected chi connectivity index (χ2v) is 6.45. The number of para-hydroxylation sites is 1. The number of fused-ring (bicyclic) bond motifs is 1. The summed E-state index contributed by atoms with van der Waals surface area (Å²) in [6.07, 6.45) is 7.59. The van der Waals surface area contributed by atoms with E-state index in [0.717, 1.165) is 5.92 Å². The molecular weight excluding hydrogens is 232 g/mol. The fourth-order valence-electron chi connectivity index (χ4n) is 3.69. The van der Waals surface area contributed by atoms with Gasteiger partial charge in [-0.05, 0) is 63.0 Å². The van der Waals surface area contributed by atoms with Gasteiger partial charge in [0.2, 0.25) is 0 Å². The van der Waals surface area contributed by atoms with Crippen LogP contribution in [0.5, 0.6) is 0 Å². The average molecular weight is 258 g/mol. The monoisotopic (exact) mass is 258 g/mol. The van der Waals surface area contributed by atoms with Crippen LogP contribution in [0, 0.1) is 5.92 Å². The predicted octanol–water partition coefficient (Wildman–Crippen LogP) is 3.35. The molecule has 1 unspecified atom stereocenters. The van der Waals surface area contributed by atoms with Gasteiger partial charge in [-0.3, -0.25) is 0 Å². The summed E-state index contributed by atoms with van der Waals surface area (Å²) in [6, 6.07) is 10.1. The largest absolute Gasteiger partial charge is 0.368 e. The van der Waals surface area contributed by atoms with Gasteiger partial charge in [0, 0.05) is 24.3 Å². The molecule has 1 aromatic carbocycles. The van der Waals surface area contributed by atoms with Crippen LogP contribution in [0.25, 0.3) is 0 Å². The van der Waals surface area contributed by atoms with E-state index >= 15 is 0 Å². The summed E-state index contributed by atoms with van der Waals surface area (Å²) in [4.78, 5) is 2.65. The van der Waals surface area contributed by atoms with Crippen molar-refractivity contribution in [1.82, 2.24) is 0 Å². The Morgan fingerprint density at radius 2 is 1.84 bits per heavy atom. The molecule has 0 aromatic heterocycles. The fraction of sp³-hybridized carbons (Fsp3) is 0.647. The highest BCUT2D eigenvalue weighted by atomic mass is 15.2. The van der Waals surface area contributed by atoms with Gasteiger partial charge in [-0.15, -0.1) is 0 Å². The normalized spacial score (nSPS) is 31.1. The third kappa shape index (κ3) is 2.79. The summed E-state index contributed by atoms with van der Waals surface area (Å²) < 4.78 is 0. The van der Waals surface area contributed by atoms with Crippen LogP contribution >= 0.6 is 0 Å². The van der Waals surface area contributed by atoms with E-state index in [9.17, 15) is 0 Å². The average Bonchev–Trinajstić information content (AvgIpc) is 2.44. The van der Waals surface area contributed by atoms with Gasteiger partial charge in [-0.25, -0.2) is 0 Å². The first-order chi connectivity index (χ1) is 9.24. The lowest BCUT2D eigenvalue weighted by molar-refractivity contribution is 0.319. The van der Waals surface area contributed by atoms with Gasteiger partial charge in [-0.2, -0.15) is 0 Å². The van der Waals surface area contributed by atoms with Crippen LogP contribution in [0.2, 0.25) is 0 Å². The van der Waals surface area contributed by atoms with E-state index in [1.807, 2.05) is 0 Å². The molecule has 3 rings (SSSR count). The Balaban J connectivity index is 1.73. The Morgan fingerprint density at radius 3 is 2.63 bits per heavy atom. The minimum Gasteiger partial charge on any atom is -0.368 e. The van der Waals surface area contributed by atoms with Gasteiger partial charge in [0.15, 0.2) is 0 Å². The first-order valence-electron chi connectivity index (χ1n) is 7.84. The van der Waals surface area contributed by atoms with E-state index < -0.39 is 0 Å². The van der Waals surface area contributed by atoms with Gasteiger partial charge in [0.25, 0.3) is 0 Å². The predicted molar refractivity (Wildman–Crippen MR) is 81.5 cm³/mol. The molecule has 2 heteroatoms. The van der Waals surface area contributed by atoms with Crippen LogP contribution in [0.1, 0.15) is 44.6 Å². The van der Waals surface area contributed by atoms with Crippen LogP contribution < -0.4 is 10.6 Å². The van der Waals surface area contributed by atoms with Crippen molar-refractivity contribution in [2.75, 3.05) is 11.4 Å². The van der Waals surface area contributed by atoms with Crippen molar-refractivity contribution in [1.29, 1.82) is 0 Å². The van der Waals surface area contributed by atoms with Crippen LogP contribution in [-0.4, -0.2) is 18.6 Å². The summed E-state index contributed by atoms with van der Waals surface area (Å²) in [5, 5.41) is 0. The standard InChI is InChI=1S/C17H26N2/c1-13-6-9-15-4-2-3-5-17(15)19(13)12-14-7-10-16(18)11-8-14/h2-5,13-14,16H,6-12,18H2,1H3. The molecule has 1 saturated carbocycles. The summed E-state index contributed by atoms with van der Waals surface area (Å²) in [5.74, 6) is 0.841. The molecule has 0 radical (unpaired) electrons. The second kappa shape index (κ2) is 5.54. The smallest absolute Gasteiger partial charge is 0.0401 e. The Hall–Kier alpha value is -1.02. The zero-order valence-corrected chi connectivity index (χ0v) is 12.0. The maximum absolute atomic E-state index is 6.02. The molecule has 2 nitrogen and oxygen atoms in total. The van der Waals surface area contributed by atoms with E-state index in [1.165, 1.54) is 56.3 Å². The highest BCUT2D eigenvalue weighted by molar-refractivity contribution is 5.56. The Labute approximate surface area is 117 Å². The van der Waals surface area contributed by atoms with Crippen molar-refractivity contribution in [3.8, 4) is 0 Å². The van der Waals surface area contributed by atoms with Crippen molar-refractivity contribution in [2.45, 2.75) is 57.5 Å². The van der Waals surface area contributed by atoms with E-state index in [4.69, 9.17) is 5.73 Å². The molecule has 1 aliphatic heterocycles. The molecule has 0 bridgehead atoms. The maximum Gasteiger partial charge on any atom is 0.0401 e. The highest BCUT2D eigenvalue weighted by Crippen LogP contribution is 2.33. The van der Waals surface area contributed by atoms with Crippen LogP contribution in [0.3, 0.4) is 0 Å². The van der Waals surface area contributed by atoms with E-state index in [0.29, 0.717) is 12.1 Å².